The second kappa shape index (κ2) is 12.3. The van der Waals surface area contributed by atoms with Crippen molar-refractivity contribution in [1.29, 1.82) is 5.26 Å². The molecular weight excluding hydrogens is 438 g/mol. The Bertz CT molecular complexity index is 1120. The molecule has 0 aliphatic rings. The van der Waals surface area contributed by atoms with Gasteiger partial charge in [-0.2, -0.15) is 5.26 Å². The molecule has 33 heavy (non-hydrogen) atoms. The molecule has 0 bridgehead atoms. The molecule has 2 aromatic carbocycles. The second-order valence-corrected chi connectivity index (χ2v) is 7.81. The Morgan fingerprint density at radius 3 is 2.61 bits per heavy atom. The van der Waals surface area contributed by atoms with E-state index >= 15 is 0 Å². The number of methoxy groups -OCH3 is 1. The fourth-order valence-corrected chi connectivity index (χ4v) is 3.43. The number of carbonyl (C=O) groups is 1. The largest absolute Gasteiger partial charge is 0.493 e. The van der Waals surface area contributed by atoms with Gasteiger partial charge in [-0.15, -0.1) is 11.3 Å². The summed E-state index contributed by atoms with van der Waals surface area (Å²) < 4.78 is 17.0. The van der Waals surface area contributed by atoms with E-state index in [2.05, 4.69) is 29.4 Å². The number of hydrogen-bond donors (Lipinski definition) is 1. The van der Waals surface area contributed by atoms with E-state index in [1.165, 1.54) is 23.0 Å². The number of aromatic nitrogens is 1. The molecular formula is C25H25N3O4S. The second-order valence-electron chi connectivity index (χ2n) is 6.92. The summed E-state index contributed by atoms with van der Waals surface area (Å²) in [4.78, 5) is 16.3. The molecule has 0 fully saturated rings. The molecule has 1 N–H and O–H groups in total. The molecule has 0 saturated heterocycles. The monoisotopic (exact) mass is 463 g/mol. The molecule has 3 rings (SSSR count). The van der Waals surface area contributed by atoms with Crippen molar-refractivity contribution in [2.24, 2.45) is 0 Å². The first-order valence-corrected chi connectivity index (χ1v) is 11.4. The van der Waals surface area contributed by atoms with Crippen LogP contribution in [0.1, 0.15) is 24.5 Å². The van der Waals surface area contributed by atoms with Crippen molar-refractivity contribution in [1.82, 2.24) is 4.98 Å². The van der Waals surface area contributed by atoms with Crippen molar-refractivity contribution in [3.63, 3.8) is 0 Å². The molecule has 7 nitrogen and oxygen atoms in total. The standard InChI is InChI=1S/C25H25N3O4S/c1-3-18-5-8-21(9-6-18)31-12-4-13-32-22-10-7-19(16-23(22)30-2)15-20(17-26)24(29)28-25-27-11-14-33-25/h5-11,14-16H,3-4,12-13H2,1-2H3,(H,27,28,29)/b20-15-. The first kappa shape index (κ1) is 23.8. The van der Waals surface area contributed by atoms with E-state index in [1.807, 2.05) is 18.2 Å². The summed E-state index contributed by atoms with van der Waals surface area (Å²) in [5.74, 6) is 1.41. The van der Waals surface area contributed by atoms with E-state index in [0.717, 1.165) is 12.2 Å². The summed E-state index contributed by atoms with van der Waals surface area (Å²) in [7, 11) is 1.54. The van der Waals surface area contributed by atoms with Gasteiger partial charge in [-0.1, -0.05) is 25.1 Å². The van der Waals surface area contributed by atoms with Crippen molar-refractivity contribution in [2.45, 2.75) is 19.8 Å². The quantitative estimate of drug-likeness (QED) is 0.241. The Morgan fingerprint density at radius 2 is 1.94 bits per heavy atom. The molecule has 0 aliphatic heterocycles. The van der Waals surface area contributed by atoms with Gasteiger partial charge in [0.05, 0.1) is 20.3 Å². The van der Waals surface area contributed by atoms with E-state index < -0.39 is 5.91 Å². The summed E-state index contributed by atoms with van der Waals surface area (Å²) >= 11 is 1.28. The van der Waals surface area contributed by atoms with Crippen LogP contribution in [-0.2, 0) is 11.2 Å². The van der Waals surface area contributed by atoms with Crippen molar-refractivity contribution in [2.75, 3.05) is 25.6 Å². The highest BCUT2D eigenvalue weighted by atomic mass is 32.1. The predicted octanol–water partition coefficient (Wildman–Crippen LogP) is 5.11. The number of aryl methyl sites for hydroxylation is 1. The number of nitrogens with one attached hydrogen (secondary N) is 1. The van der Waals surface area contributed by atoms with Gasteiger partial charge in [0.15, 0.2) is 16.6 Å². The first-order chi connectivity index (χ1) is 16.1. The van der Waals surface area contributed by atoms with Gasteiger partial charge in [-0.25, -0.2) is 4.98 Å². The smallest absolute Gasteiger partial charge is 0.268 e. The highest BCUT2D eigenvalue weighted by Gasteiger charge is 2.12. The predicted molar refractivity (Wildman–Crippen MR) is 129 cm³/mol. The van der Waals surface area contributed by atoms with Crippen LogP contribution in [0.5, 0.6) is 17.2 Å². The molecule has 0 unspecified atom stereocenters. The lowest BCUT2D eigenvalue weighted by Crippen LogP contribution is -2.13. The Morgan fingerprint density at radius 1 is 1.15 bits per heavy atom. The number of amides is 1. The van der Waals surface area contributed by atoms with Crippen molar-refractivity contribution in [3.8, 4) is 23.3 Å². The van der Waals surface area contributed by atoms with Crippen LogP contribution in [-0.4, -0.2) is 31.2 Å². The number of anilines is 1. The Kier molecular flexibility index (Phi) is 8.86. The van der Waals surface area contributed by atoms with E-state index in [9.17, 15) is 10.1 Å². The van der Waals surface area contributed by atoms with Gasteiger partial charge in [-0.3, -0.25) is 10.1 Å². The van der Waals surface area contributed by atoms with Crippen LogP contribution >= 0.6 is 11.3 Å². The van der Waals surface area contributed by atoms with Gasteiger partial charge in [0.1, 0.15) is 17.4 Å². The van der Waals surface area contributed by atoms with Crippen molar-refractivity contribution in [3.05, 3.63) is 70.7 Å². The van der Waals surface area contributed by atoms with Gasteiger partial charge in [0.2, 0.25) is 0 Å². The third-order valence-corrected chi connectivity index (χ3v) is 5.35. The van der Waals surface area contributed by atoms with E-state index in [-0.39, 0.29) is 5.57 Å². The Labute approximate surface area is 197 Å². The topological polar surface area (TPSA) is 93.5 Å². The normalized spacial score (nSPS) is 10.9. The van der Waals surface area contributed by atoms with Crippen LogP contribution in [0.15, 0.2) is 59.6 Å². The Hall–Kier alpha value is -3.83. The minimum absolute atomic E-state index is 0.0370. The number of hydrogen-bond acceptors (Lipinski definition) is 7. The Balaban J connectivity index is 1.54. The van der Waals surface area contributed by atoms with Gasteiger partial charge < -0.3 is 14.2 Å². The van der Waals surface area contributed by atoms with Crippen molar-refractivity contribution < 1.29 is 19.0 Å². The fourth-order valence-electron chi connectivity index (χ4n) is 2.91. The first-order valence-electron chi connectivity index (χ1n) is 10.5. The number of thiazole rings is 1. The molecule has 1 amide bonds. The highest BCUT2D eigenvalue weighted by Crippen LogP contribution is 2.29. The molecule has 3 aromatic rings. The molecule has 1 heterocycles. The van der Waals surface area contributed by atoms with E-state index in [0.29, 0.717) is 41.8 Å². The lowest BCUT2D eigenvalue weighted by molar-refractivity contribution is -0.112. The minimum Gasteiger partial charge on any atom is -0.493 e. The molecule has 170 valence electrons. The number of ether oxygens (including phenoxy) is 3. The molecule has 0 spiro atoms. The lowest BCUT2D eigenvalue weighted by Gasteiger charge is -2.12. The molecule has 0 radical (unpaired) electrons. The molecule has 0 atom stereocenters. The maximum Gasteiger partial charge on any atom is 0.268 e. The summed E-state index contributed by atoms with van der Waals surface area (Å²) in [6, 6.07) is 15.2. The van der Waals surface area contributed by atoms with Crippen LogP contribution in [0.25, 0.3) is 6.08 Å². The number of rotatable bonds is 11. The van der Waals surface area contributed by atoms with E-state index in [1.54, 1.807) is 36.9 Å². The number of benzene rings is 2. The van der Waals surface area contributed by atoms with Crippen LogP contribution in [0.3, 0.4) is 0 Å². The van der Waals surface area contributed by atoms with Crippen LogP contribution in [0.2, 0.25) is 0 Å². The van der Waals surface area contributed by atoms with Crippen LogP contribution < -0.4 is 19.5 Å². The maximum absolute atomic E-state index is 12.3. The van der Waals surface area contributed by atoms with Crippen molar-refractivity contribution >= 4 is 28.5 Å². The fraction of sp³-hybridized carbons (Fsp3) is 0.240. The summed E-state index contributed by atoms with van der Waals surface area (Å²) in [5, 5.41) is 14.2. The van der Waals surface area contributed by atoms with Crippen LogP contribution in [0.4, 0.5) is 5.13 Å². The van der Waals surface area contributed by atoms with Gasteiger partial charge in [0, 0.05) is 18.0 Å². The van der Waals surface area contributed by atoms with Gasteiger partial charge in [-0.05, 0) is 47.9 Å². The zero-order valence-electron chi connectivity index (χ0n) is 18.5. The molecule has 8 heteroatoms. The zero-order valence-corrected chi connectivity index (χ0v) is 19.4. The van der Waals surface area contributed by atoms with E-state index in [4.69, 9.17) is 14.2 Å². The number of nitrogens with zero attached hydrogens (tertiary/aromatic N) is 2. The SMILES string of the molecule is CCc1ccc(OCCCOc2ccc(/C=C(/C#N)C(=O)Nc3nccs3)cc2OC)cc1. The third-order valence-electron chi connectivity index (χ3n) is 4.66. The third kappa shape index (κ3) is 7.09. The van der Waals surface area contributed by atoms with Crippen LogP contribution in [0, 0.1) is 11.3 Å². The average molecular weight is 464 g/mol. The highest BCUT2D eigenvalue weighted by molar-refractivity contribution is 7.13. The molecule has 0 saturated carbocycles. The molecule has 1 aromatic heterocycles. The summed E-state index contributed by atoms with van der Waals surface area (Å²) in [5.41, 5.74) is 1.88. The number of carbonyl (C=O) groups excluding carboxylic acids is 1. The lowest BCUT2D eigenvalue weighted by atomic mass is 10.1. The maximum atomic E-state index is 12.3. The molecule has 0 aliphatic carbocycles. The average Bonchev–Trinajstić information content (AvgIpc) is 3.36. The minimum atomic E-state index is -0.518. The van der Waals surface area contributed by atoms with Gasteiger partial charge >= 0.3 is 0 Å². The number of nitriles is 1. The summed E-state index contributed by atoms with van der Waals surface area (Å²) in [6.45, 7) is 3.11. The van der Waals surface area contributed by atoms with Gasteiger partial charge in [0.25, 0.3) is 5.91 Å². The summed E-state index contributed by atoms with van der Waals surface area (Å²) in [6.07, 6.45) is 4.78. The zero-order chi connectivity index (χ0) is 23.5.